The minimum atomic E-state index is -3.10. The molecule has 3 N–H and O–H groups in total. The highest BCUT2D eigenvalue weighted by Crippen LogP contribution is 2.52. The second-order valence-electron chi connectivity index (χ2n) is 11.2. The monoisotopic (exact) mass is 528 g/mol. The van der Waals surface area contributed by atoms with E-state index < -0.39 is 11.5 Å². The number of ether oxygens (including phenoxy) is 1. The van der Waals surface area contributed by atoms with Crippen molar-refractivity contribution in [2.45, 2.75) is 51.2 Å². The number of aromatic nitrogens is 2. The molecule has 0 bridgehead atoms. The molecule has 6 nitrogen and oxygen atoms in total. The molecule has 200 valence electrons. The Labute approximate surface area is 225 Å². The number of carbonyl (C=O) groups is 1. The number of aromatic amines is 1. The van der Waals surface area contributed by atoms with E-state index in [1.807, 2.05) is 51.1 Å². The largest absolute Gasteiger partial charge is 0.444 e. The summed E-state index contributed by atoms with van der Waals surface area (Å²) < 4.78 is 36.1. The van der Waals surface area contributed by atoms with Crippen LogP contribution in [0.15, 0.2) is 66.9 Å². The Morgan fingerprint density at radius 2 is 1.64 bits per heavy atom. The molecule has 1 aliphatic carbocycles. The Bertz CT molecular complexity index is 1570. The zero-order valence-corrected chi connectivity index (χ0v) is 22.1. The molecule has 0 saturated carbocycles. The van der Waals surface area contributed by atoms with Crippen LogP contribution in [-0.4, -0.2) is 33.1 Å². The summed E-state index contributed by atoms with van der Waals surface area (Å²) >= 11 is 0. The molecule has 1 atom stereocenters. The lowest BCUT2D eigenvalue weighted by molar-refractivity contribution is 0.0218. The maximum atomic E-state index is 15.3. The van der Waals surface area contributed by atoms with Gasteiger partial charge in [-0.25, -0.2) is 9.78 Å². The number of imidazole rings is 1. The van der Waals surface area contributed by atoms with E-state index in [9.17, 15) is 4.79 Å². The molecule has 8 heteroatoms. The van der Waals surface area contributed by atoms with Crippen molar-refractivity contribution in [2.75, 3.05) is 12.3 Å². The van der Waals surface area contributed by atoms with Gasteiger partial charge < -0.3 is 15.5 Å². The van der Waals surface area contributed by atoms with E-state index in [-0.39, 0.29) is 23.3 Å². The second kappa shape index (κ2) is 8.93. The van der Waals surface area contributed by atoms with Crippen molar-refractivity contribution < 1.29 is 18.3 Å². The molecule has 3 aromatic carbocycles. The molecule has 1 saturated heterocycles. The number of hydrogen-bond donors (Lipinski definition) is 2. The van der Waals surface area contributed by atoms with Crippen LogP contribution in [0.2, 0.25) is 0 Å². The Morgan fingerprint density at radius 3 is 2.36 bits per heavy atom. The van der Waals surface area contributed by atoms with Gasteiger partial charge in [0.25, 0.3) is 5.92 Å². The second-order valence-corrected chi connectivity index (χ2v) is 11.2. The van der Waals surface area contributed by atoms with Crippen LogP contribution >= 0.6 is 0 Å². The van der Waals surface area contributed by atoms with Crippen LogP contribution in [0, 0.1) is 0 Å². The summed E-state index contributed by atoms with van der Waals surface area (Å²) in [5, 5.41) is 0. The van der Waals surface area contributed by atoms with Gasteiger partial charge in [-0.05, 0) is 79.6 Å². The minimum absolute atomic E-state index is 0.00556. The van der Waals surface area contributed by atoms with Crippen molar-refractivity contribution >= 4 is 11.8 Å². The minimum Gasteiger partial charge on any atom is -0.444 e. The third-order valence-electron chi connectivity index (χ3n) is 7.35. The molecule has 0 spiro atoms. The van der Waals surface area contributed by atoms with Crippen LogP contribution in [0.4, 0.5) is 19.3 Å². The fourth-order valence-electron chi connectivity index (χ4n) is 5.51. The predicted octanol–water partition coefficient (Wildman–Crippen LogP) is 7.52. The van der Waals surface area contributed by atoms with E-state index in [2.05, 4.69) is 9.97 Å². The number of halogens is 2. The number of rotatable bonds is 3. The number of alkyl halides is 2. The molecule has 1 aliphatic heterocycles. The number of nitrogens with zero attached hydrogens (tertiary/aromatic N) is 2. The van der Waals surface area contributed by atoms with Gasteiger partial charge in [0.05, 0.1) is 17.9 Å². The molecule has 4 aromatic rings. The smallest absolute Gasteiger partial charge is 0.410 e. The summed E-state index contributed by atoms with van der Waals surface area (Å²) in [5.74, 6) is -2.38. The van der Waals surface area contributed by atoms with Crippen molar-refractivity contribution in [1.29, 1.82) is 0 Å². The molecule has 6 rings (SSSR count). The van der Waals surface area contributed by atoms with Gasteiger partial charge in [0.1, 0.15) is 11.4 Å². The van der Waals surface area contributed by atoms with Gasteiger partial charge in [-0.15, -0.1) is 0 Å². The highest BCUT2D eigenvalue weighted by molar-refractivity contribution is 5.84. The molecular weight excluding hydrogens is 498 g/mol. The molecule has 39 heavy (non-hydrogen) atoms. The summed E-state index contributed by atoms with van der Waals surface area (Å²) in [5.41, 5.74) is 9.83. The molecule has 1 amide bonds. The molecule has 2 heterocycles. The van der Waals surface area contributed by atoms with Crippen LogP contribution in [-0.2, 0) is 10.7 Å². The van der Waals surface area contributed by atoms with Crippen LogP contribution in [0.25, 0.3) is 33.5 Å². The number of likely N-dealkylation sites (tertiary alicyclic amines) is 1. The van der Waals surface area contributed by atoms with E-state index >= 15 is 8.78 Å². The van der Waals surface area contributed by atoms with Gasteiger partial charge in [0, 0.05) is 23.4 Å². The van der Waals surface area contributed by atoms with Gasteiger partial charge in [-0.3, -0.25) is 4.90 Å². The van der Waals surface area contributed by atoms with Gasteiger partial charge in [0.2, 0.25) is 0 Å². The van der Waals surface area contributed by atoms with Gasteiger partial charge >= 0.3 is 6.09 Å². The predicted molar refractivity (Wildman–Crippen MR) is 147 cm³/mol. The SMILES string of the molecule is CC(C)(C)OC(=O)N1CCC[C@H]1c1ncc(-c2ccc(-c3ccc4c(c3)C(F)(F)c3cc(N)ccc3-4)cc2)[nH]1. The summed E-state index contributed by atoms with van der Waals surface area (Å²) in [6.07, 6.45) is 3.12. The van der Waals surface area contributed by atoms with E-state index in [0.29, 0.717) is 28.9 Å². The van der Waals surface area contributed by atoms with Crippen molar-refractivity contribution in [2.24, 2.45) is 0 Å². The first-order chi connectivity index (χ1) is 18.5. The first-order valence-electron chi connectivity index (χ1n) is 13.1. The lowest BCUT2D eigenvalue weighted by Gasteiger charge is -2.27. The average molecular weight is 529 g/mol. The number of fused-ring (bicyclic) bond motifs is 3. The van der Waals surface area contributed by atoms with Crippen LogP contribution in [0.3, 0.4) is 0 Å². The zero-order valence-electron chi connectivity index (χ0n) is 22.1. The highest BCUT2D eigenvalue weighted by Gasteiger charge is 2.44. The fourth-order valence-corrected chi connectivity index (χ4v) is 5.51. The number of amides is 1. The lowest BCUT2D eigenvalue weighted by atomic mass is 9.97. The van der Waals surface area contributed by atoms with Crippen molar-refractivity contribution in [1.82, 2.24) is 14.9 Å². The normalized spacial score (nSPS) is 17.7. The quantitative estimate of drug-likeness (QED) is 0.269. The molecule has 1 fully saturated rings. The number of anilines is 1. The fraction of sp³-hybridized carbons (Fsp3) is 0.290. The van der Waals surface area contributed by atoms with Crippen molar-refractivity contribution in [3.63, 3.8) is 0 Å². The molecule has 0 unspecified atom stereocenters. The number of H-pyrrole nitrogens is 1. The Kier molecular flexibility index (Phi) is 5.75. The van der Waals surface area contributed by atoms with E-state index in [4.69, 9.17) is 10.5 Å². The van der Waals surface area contributed by atoms with Crippen LogP contribution < -0.4 is 5.73 Å². The lowest BCUT2D eigenvalue weighted by Crippen LogP contribution is -2.36. The van der Waals surface area contributed by atoms with Crippen molar-refractivity contribution in [3.05, 3.63) is 83.8 Å². The number of hydrogen-bond acceptors (Lipinski definition) is 4. The summed E-state index contributed by atoms with van der Waals surface area (Å²) in [6, 6.07) is 17.4. The maximum absolute atomic E-state index is 15.3. The van der Waals surface area contributed by atoms with Crippen LogP contribution in [0.1, 0.15) is 56.6 Å². The zero-order chi connectivity index (χ0) is 27.5. The number of nitrogens with two attached hydrogens (primary N) is 1. The Balaban J connectivity index is 1.23. The van der Waals surface area contributed by atoms with E-state index in [0.717, 1.165) is 35.5 Å². The first kappa shape index (κ1) is 25.1. The highest BCUT2D eigenvalue weighted by atomic mass is 19.3. The van der Waals surface area contributed by atoms with Gasteiger partial charge in [-0.2, -0.15) is 8.78 Å². The molecule has 0 radical (unpaired) electrons. The van der Waals surface area contributed by atoms with Crippen LogP contribution in [0.5, 0.6) is 0 Å². The molecule has 1 aromatic heterocycles. The topological polar surface area (TPSA) is 84.2 Å². The third kappa shape index (κ3) is 4.43. The summed E-state index contributed by atoms with van der Waals surface area (Å²) in [7, 11) is 0. The number of benzene rings is 3. The first-order valence-corrected chi connectivity index (χ1v) is 13.1. The van der Waals surface area contributed by atoms with Gasteiger partial charge in [0.15, 0.2) is 0 Å². The summed E-state index contributed by atoms with van der Waals surface area (Å²) in [6.45, 7) is 6.19. The molecule has 2 aliphatic rings. The van der Waals surface area contributed by atoms with Crippen molar-refractivity contribution in [3.8, 4) is 33.5 Å². The Morgan fingerprint density at radius 1 is 1.00 bits per heavy atom. The number of nitrogen functional groups attached to an aromatic ring is 1. The van der Waals surface area contributed by atoms with Gasteiger partial charge in [-0.1, -0.05) is 42.5 Å². The molecular formula is C31H30F2N4O2. The average Bonchev–Trinajstić information content (AvgIpc) is 3.61. The third-order valence-corrected chi connectivity index (χ3v) is 7.35. The maximum Gasteiger partial charge on any atom is 0.410 e. The van der Waals surface area contributed by atoms with E-state index in [1.165, 1.54) is 6.07 Å². The summed E-state index contributed by atoms with van der Waals surface area (Å²) in [4.78, 5) is 22.4. The number of carbonyl (C=O) groups excluding carboxylic acids is 1. The Hall–Kier alpha value is -4.20. The standard InChI is InChI=1S/C31H30F2N4O2/c1-30(2,3)39-29(38)37-14-4-5-27(37)28-35-17-26(36-28)19-8-6-18(7-9-19)20-10-12-22-23-13-11-21(34)16-25(23)31(32,33)24(22)15-20/h6-13,15-17,27H,4-5,14,34H2,1-3H3,(H,35,36)/t27-/m0/s1. The van der Waals surface area contributed by atoms with E-state index in [1.54, 1.807) is 35.4 Å². The number of nitrogens with one attached hydrogen (secondary N) is 1.